The van der Waals surface area contributed by atoms with E-state index in [-0.39, 0.29) is 12.3 Å². The topological polar surface area (TPSA) is 96.1 Å². The van der Waals surface area contributed by atoms with E-state index < -0.39 is 11.8 Å². The molecule has 0 radical (unpaired) electrons. The summed E-state index contributed by atoms with van der Waals surface area (Å²) in [4.78, 5) is 23.8. The number of carbonyl (C=O) groups is 2. The molecule has 2 amide bonds. The number of benzene rings is 2. The average molecular weight is 350 g/mol. The van der Waals surface area contributed by atoms with Gasteiger partial charge in [0.25, 0.3) is 11.8 Å². The molecule has 0 aliphatic carbocycles. The Hall–Kier alpha value is -3.61. The molecule has 0 unspecified atom stereocenters. The SMILES string of the molecule is Cc1cc(C(=O)NNC(=O)COc2ccccc2-c2ccccc2)n[nH]1. The van der Waals surface area contributed by atoms with Crippen LogP contribution in [0.1, 0.15) is 16.2 Å². The summed E-state index contributed by atoms with van der Waals surface area (Å²) in [5.41, 5.74) is 7.42. The van der Waals surface area contributed by atoms with E-state index in [0.717, 1.165) is 16.8 Å². The van der Waals surface area contributed by atoms with Crippen molar-refractivity contribution in [1.29, 1.82) is 0 Å². The number of hydrogen-bond donors (Lipinski definition) is 3. The van der Waals surface area contributed by atoms with Gasteiger partial charge in [-0.1, -0.05) is 48.5 Å². The van der Waals surface area contributed by atoms with Crippen LogP contribution in [0, 0.1) is 6.92 Å². The number of rotatable bonds is 5. The summed E-state index contributed by atoms with van der Waals surface area (Å²) in [5, 5.41) is 6.47. The smallest absolute Gasteiger partial charge is 0.290 e. The summed E-state index contributed by atoms with van der Waals surface area (Å²) < 4.78 is 5.61. The summed E-state index contributed by atoms with van der Waals surface area (Å²) in [6, 6.07) is 18.8. The Kier molecular flexibility index (Phi) is 5.28. The minimum absolute atomic E-state index is 0.193. The minimum atomic E-state index is -0.507. The first-order chi connectivity index (χ1) is 12.6. The fourth-order valence-electron chi connectivity index (χ4n) is 2.35. The van der Waals surface area contributed by atoms with Crippen molar-refractivity contribution in [3.8, 4) is 16.9 Å². The number of H-pyrrole nitrogens is 1. The molecule has 0 aliphatic rings. The van der Waals surface area contributed by atoms with E-state index in [1.807, 2.05) is 48.5 Å². The van der Waals surface area contributed by atoms with Crippen LogP contribution in [-0.4, -0.2) is 28.6 Å². The van der Waals surface area contributed by atoms with Gasteiger partial charge in [0.15, 0.2) is 12.3 Å². The van der Waals surface area contributed by atoms with E-state index in [9.17, 15) is 9.59 Å². The van der Waals surface area contributed by atoms with Crippen molar-refractivity contribution < 1.29 is 14.3 Å². The molecule has 3 N–H and O–H groups in total. The van der Waals surface area contributed by atoms with Crippen LogP contribution in [0.25, 0.3) is 11.1 Å². The summed E-state index contributed by atoms with van der Waals surface area (Å²) in [6.07, 6.45) is 0. The van der Waals surface area contributed by atoms with E-state index in [1.54, 1.807) is 19.1 Å². The van der Waals surface area contributed by atoms with Crippen LogP contribution in [0.3, 0.4) is 0 Å². The van der Waals surface area contributed by atoms with Gasteiger partial charge in [-0.2, -0.15) is 5.10 Å². The van der Waals surface area contributed by atoms with Gasteiger partial charge in [-0.15, -0.1) is 0 Å². The third-order valence-electron chi connectivity index (χ3n) is 3.58. The number of aromatic nitrogens is 2. The second-order valence-corrected chi connectivity index (χ2v) is 5.59. The number of nitrogens with zero attached hydrogens (tertiary/aromatic N) is 1. The van der Waals surface area contributed by atoms with Gasteiger partial charge >= 0.3 is 0 Å². The van der Waals surface area contributed by atoms with Crippen molar-refractivity contribution in [1.82, 2.24) is 21.0 Å². The van der Waals surface area contributed by atoms with Gasteiger partial charge in [-0.3, -0.25) is 25.5 Å². The van der Waals surface area contributed by atoms with Crippen molar-refractivity contribution in [2.75, 3.05) is 6.61 Å². The lowest BCUT2D eigenvalue weighted by molar-refractivity contribution is -0.123. The first-order valence-electron chi connectivity index (χ1n) is 8.02. The van der Waals surface area contributed by atoms with Crippen LogP contribution in [-0.2, 0) is 4.79 Å². The van der Waals surface area contributed by atoms with Crippen LogP contribution in [0.2, 0.25) is 0 Å². The van der Waals surface area contributed by atoms with E-state index in [1.165, 1.54) is 0 Å². The van der Waals surface area contributed by atoms with E-state index in [4.69, 9.17) is 4.74 Å². The molecule has 0 bridgehead atoms. The second kappa shape index (κ2) is 7.98. The Morgan fingerprint density at radius 1 is 1.04 bits per heavy atom. The zero-order valence-corrected chi connectivity index (χ0v) is 14.2. The molecule has 26 heavy (non-hydrogen) atoms. The number of hydrogen-bond acceptors (Lipinski definition) is 4. The highest BCUT2D eigenvalue weighted by Gasteiger charge is 2.11. The molecule has 0 saturated carbocycles. The number of hydrazine groups is 1. The summed E-state index contributed by atoms with van der Waals surface area (Å²) in [7, 11) is 0. The molecule has 7 heteroatoms. The van der Waals surface area contributed by atoms with Gasteiger partial charge < -0.3 is 4.74 Å². The predicted molar refractivity (Wildman–Crippen MR) is 96.3 cm³/mol. The molecule has 132 valence electrons. The van der Waals surface area contributed by atoms with Crippen molar-refractivity contribution in [2.45, 2.75) is 6.92 Å². The Labute approximate surface area is 150 Å². The maximum atomic E-state index is 11.9. The molecule has 0 saturated heterocycles. The summed E-state index contributed by atoms with van der Waals surface area (Å²) >= 11 is 0. The number of carbonyl (C=O) groups excluding carboxylic acids is 2. The van der Waals surface area contributed by atoms with Gasteiger partial charge in [0.1, 0.15) is 5.75 Å². The Bertz CT molecular complexity index is 906. The molecule has 3 aromatic rings. The minimum Gasteiger partial charge on any atom is -0.483 e. The lowest BCUT2D eigenvalue weighted by Crippen LogP contribution is -2.44. The molecular weight excluding hydrogens is 332 g/mol. The van der Waals surface area contributed by atoms with E-state index in [0.29, 0.717) is 5.75 Å². The highest BCUT2D eigenvalue weighted by atomic mass is 16.5. The first kappa shape index (κ1) is 17.2. The normalized spacial score (nSPS) is 10.2. The largest absolute Gasteiger partial charge is 0.483 e. The monoisotopic (exact) mass is 350 g/mol. The molecule has 2 aromatic carbocycles. The van der Waals surface area contributed by atoms with Crippen molar-refractivity contribution in [3.63, 3.8) is 0 Å². The maximum Gasteiger partial charge on any atom is 0.290 e. The first-order valence-corrected chi connectivity index (χ1v) is 8.02. The molecule has 0 atom stereocenters. The van der Waals surface area contributed by atoms with Gasteiger partial charge in [0, 0.05) is 11.3 Å². The lowest BCUT2D eigenvalue weighted by Gasteiger charge is -2.12. The Morgan fingerprint density at radius 3 is 2.50 bits per heavy atom. The molecule has 7 nitrogen and oxygen atoms in total. The van der Waals surface area contributed by atoms with E-state index in [2.05, 4.69) is 21.0 Å². The highest BCUT2D eigenvalue weighted by Crippen LogP contribution is 2.29. The van der Waals surface area contributed by atoms with Crippen LogP contribution in [0.15, 0.2) is 60.7 Å². The summed E-state index contributed by atoms with van der Waals surface area (Å²) in [5.74, 6) is -0.399. The Balaban J connectivity index is 1.56. The maximum absolute atomic E-state index is 11.9. The second-order valence-electron chi connectivity index (χ2n) is 5.59. The number of aryl methyl sites for hydroxylation is 1. The van der Waals surface area contributed by atoms with Crippen LogP contribution >= 0.6 is 0 Å². The molecule has 0 aliphatic heterocycles. The lowest BCUT2D eigenvalue weighted by atomic mass is 10.1. The standard InChI is InChI=1S/C19H18N4O3/c1-13-11-16(21-20-13)19(25)23-22-18(24)12-26-17-10-6-5-9-15(17)14-7-3-2-4-8-14/h2-11H,12H2,1H3,(H,20,21)(H,22,24)(H,23,25). The number of para-hydroxylation sites is 1. The average Bonchev–Trinajstić information content (AvgIpc) is 3.12. The molecule has 0 spiro atoms. The third kappa shape index (κ3) is 4.27. The number of amides is 2. The fourth-order valence-corrected chi connectivity index (χ4v) is 2.35. The van der Waals surface area contributed by atoms with Gasteiger partial charge in [0.05, 0.1) is 0 Å². The van der Waals surface area contributed by atoms with Crippen molar-refractivity contribution in [3.05, 3.63) is 72.1 Å². The number of aromatic amines is 1. The number of ether oxygens (including phenoxy) is 1. The van der Waals surface area contributed by atoms with Gasteiger partial charge in [0.2, 0.25) is 0 Å². The van der Waals surface area contributed by atoms with E-state index >= 15 is 0 Å². The van der Waals surface area contributed by atoms with Crippen molar-refractivity contribution >= 4 is 11.8 Å². The highest BCUT2D eigenvalue weighted by molar-refractivity contribution is 5.93. The van der Waals surface area contributed by atoms with Crippen molar-refractivity contribution in [2.24, 2.45) is 0 Å². The zero-order valence-electron chi connectivity index (χ0n) is 14.2. The molecule has 3 rings (SSSR count). The van der Waals surface area contributed by atoms with Gasteiger partial charge in [-0.25, -0.2) is 0 Å². The number of nitrogens with one attached hydrogen (secondary N) is 3. The van der Waals surface area contributed by atoms with Crippen LogP contribution < -0.4 is 15.6 Å². The Morgan fingerprint density at radius 2 is 1.77 bits per heavy atom. The predicted octanol–water partition coefficient (Wildman–Crippen LogP) is 2.23. The summed E-state index contributed by atoms with van der Waals surface area (Å²) in [6.45, 7) is 1.55. The van der Waals surface area contributed by atoms with Gasteiger partial charge in [-0.05, 0) is 24.6 Å². The zero-order chi connectivity index (χ0) is 18.4. The van der Waals surface area contributed by atoms with Crippen LogP contribution in [0.4, 0.5) is 0 Å². The molecule has 0 fully saturated rings. The molecule has 1 heterocycles. The molecule has 1 aromatic heterocycles. The quantitative estimate of drug-likeness (QED) is 0.615. The third-order valence-corrected chi connectivity index (χ3v) is 3.58. The molecular formula is C19H18N4O3. The van der Waals surface area contributed by atoms with Crippen LogP contribution in [0.5, 0.6) is 5.75 Å². The fraction of sp³-hybridized carbons (Fsp3) is 0.105.